The number of nitrogens with zero attached hydrogens (tertiary/aromatic N) is 3. The zero-order chi connectivity index (χ0) is 13.7. The van der Waals surface area contributed by atoms with Crippen molar-refractivity contribution in [2.24, 2.45) is 0 Å². The number of rotatable bonds is 6. The van der Waals surface area contributed by atoms with Crippen molar-refractivity contribution >= 4 is 17.4 Å². The Hall–Kier alpha value is -1.03. The van der Waals surface area contributed by atoms with Crippen molar-refractivity contribution in [1.82, 2.24) is 9.97 Å². The van der Waals surface area contributed by atoms with Gasteiger partial charge in [0.25, 0.3) is 0 Å². The molecule has 0 saturated carbocycles. The normalized spacial score (nSPS) is 19.2. The number of ether oxygens (including phenoxy) is 1. The van der Waals surface area contributed by atoms with Gasteiger partial charge in [0, 0.05) is 18.5 Å². The Morgan fingerprint density at radius 1 is 1.47 bits per heavy atom. The molecule has 0 radical (unpaired) electrons. The highest BCUT2D eigenvalue weighted by Gasteiger charge is 2.25. The Morgan fingerprint density at radius 3 is 3.05 bits per heavy atom. The van der Waals surface area contributed by atoms with E-state index in [1.54, 1.807) is 6.20 Å². The molecule has 1 saturated heterocycles. The summed E-state index contributed by atoms with van der Waals surface area (Å²) in [6, 6.07) is 0.544. The van der Waals surface area contributed by atoms with Crippen molar-refractivity contribution in [2.45, 2.75) is 51.7 Å². The summed E-state index contributed by atoms with van der Waals surface area (Å²) in [6.45, 7) is 5.04. The summed E-state index contributed by atoms with van der Waals surface area (Å²) in [5.74, 6) is 2.26. The summed E-state index contributed by atoms with van der Waals surface area (Å²) in [5, 5.41) is 0. The Labute approximate surface area is 120 Å². The van der Waals surface area contributed by atoms with Gasteiger partial charge in [-0.1, -0.05) is 0 Å². The smallest absolute Gasteiger partial charge is 0.234 e. The van der Waals surface area contributed by atoms with Gasteiger partial charge >= 0.3 is 0 Å². The molecule has 0 bridgehead atoms. The van der Waals surface area contributed by atoms with Crippen LogP contribution in [-0.2, 0) is 0 Å². The molecule has 106 valence electrons. The number of alkyl halides is 1. The van der Waals surface area contributed by atoms with Crippen LogP contribution in [-0.4, -0.2) is 34.5 Å². The molecule has 0 spiro atoms. The quantitative estimate of drug-likeness (QED) is 0.751. The number of anilines is 1. The number of aromatic nitrogens is 2. The van der Waals surface area contributed by atoms with Gasteiger partial charge in [-0.3, -0.25) is 4.98 Å². The van der Waals surface area contributed by atoms with E-state index in [-0.39, 0.29) is 6.10 Å². The third-order valence-electron chi connectivity index (χ3n) is 3.30. The Balaban J connectivity index is 2.07. The average molecular weight is 284 g/mol. The second kappa shape index (κ2) is 6.94. The van der Waals surface area contributed by atoms with Gasteiger partial charge in [0.1, 0.15) is 0 Å². The molecule has 4 nitrogen and oxygen atoms in total. The van der Waals surface area contributed by atoms with Crippen LogP contribution in [0.15, 0.2) is 12.4 Å². The predicted octanol–water partition coefficient (Wildman–Crippen LogP) is 3.25. The first-order valence-electron chi connectivity index (χ1n) is 7.02. The second-order valence-corrected chi connectivity index (χ2v) is 5.58. The first-order valence-corrected chi connectivity index (χ1v) is 7.55. The first-order chi connectivity index (χ1) is 9.20. The minimum atomic E-state index is 0.121. The van der Waals surface area contributed by atoms with Crippen molar-refractivity contribution in [3.8, 4) is 5.88 Å². The van der Waals surface area contributed by atoms with Crippen molar-refractivity contribution in [3.63, 3.8) is 0 Å². The van der Waals surface area contributed by atoms with Crippen LogP contribution >= 0.6 is 11.6 Å². The third kappa shape index (κ3) is 3.96. The van der Waals surface area contributed by atoms with E-state index in [2.05, 4.69) is 14.9 Å². The lowest BCUT2D eigenvalue weighted by atomic mass is 10.1. The van der Waals surface area contributed by atoms with Crippen molar-refractivity contribution in [3.05, 3.63) is 12.4 Å². The minimum Gasteiger partial charge on any atom is -0.474 e. The van der Waals surface area contributed by atoms with Crippen LogP contribution in [0.5, 0.6) is 5.88 Å². The lowest BCUT2D eigenvalue weighted by molar-refractivity contribution is 0.231. The van der Waals surface area contributed by atoms with E-state index in [4.69, 9.17) is 16.3 Å². The van der Waals surface area contributed by atoms with Gasteiger partial charge in [-0.05, 0) is 39.5 Å². The fraction of sp³-hybridized carbons (Fsp3) is 0.714. The molecule has 0 N–H and O–H groups in total. The Kier molecular flexibility index (Phi) is 5.25. The molecule has 1 fully saturated rings. The maximum absolute atomic E-state index is 5.79. The van der Waals surface area contributed by atoms with Gasteiger partial charge in [-0.2, -0.15) is 4.98 Å². The topological polar surface area (TPSA) is 38.2 Å². The zero-order valence-electron chi connectivity index (χ0n) is 11.7. The molecule has 1 unspecified atom stereocenters. The van der Waals surface area contributed by atoms with Gasteiger partial charge in [0.05, 0.1) is 18.5 Å². The number of hydrogen-bond donors (Lipinski definition) is 0. The zero-order valence-corrected chi connectivity index (χ0v) is 12.4. The Morgan fingerprint density at radius 2 is 2.32 bits per heavy atom. The molecule has 1 aliphatic rings. The maximum Gasteiger partial charge on any atom is 0.234 e. The molecule has 1 aromatic heterocycles. The fourth-order valence-corrected chi connectivity index (χ4v) is 2.68. The summed E-state index contributed by atoms with van der Waals surface area (Å²) in [5.41, 5.74) is 0. The Bertz CT molecular complexity index is 400. The van der Waals surface area contributed by atoms with E-state index in [9.17, 15) is 0 Å². The molecule has 2 rings (SSSR count). The summed E-state index contributed by atoms with van der Waals surface area (Å²) >= 11 is 5.79. The van der Waals surface area contributed by atoms with Crippen molar-refractivity contribution in [1.29, 1.82) is 0 Å². The third-order valence-corrected chi connectivity index (χ3v) is 3.57. The van der Waals surface area contributed by atoms with E-state index in [0.29, 0.717) is 11.9 Å². The van der Waals surface area contributed by atoms with Crippen LogP contribution in [0.1, 0.15) is 39.5 Å². The molecule has 1 aliphatic heterocycles. The van der Waals surface area contributed by atoms with Crippen LogP contribution < -0.4 is 9.64 Å². The first kappa shape index (κ1) is 14.4. The largest absolute Gasteiger partial charge is 0.474 e. The average Bonchev–Trinajstić information content (AvgIpc) is 2.84. The molecule has 2 heterocycles. The predicted molar refractivity (Wildman–Crippen MR) is 78.1 cm³/mol. The van der Waals surface area contributed by atoms with E-state index in [1.165, 1.54) is 12.8 Å². The molecular formula is C14H22ClN3O. The van der Waals surface area contributed by atoms with Crippen molar-refractivity contribution < 1.29 is 4.74 Å². The van der Waals surface area contributed by atoms with Crippen LogP contribution in [0.4, 0.5) is 5.82 Å². The lowest BCUT2D eigenvalue weighted by Crippen LogP contribution is -2.30. The molecule has 0 aromatic carbocycles. The standard InChI is InChI=1S/C14H22ClN3O/c1-11(2)19-14-10-16-9-13(17-14)18-8-4-6-12(18)5-3-7-15/h9-12H,3-8H2,1-2H3. The van der Waals surface area contributed by atoms with E-state index < -0.39 is 0 Å². The van der Waals surface area contributed by atoms with Gasteiger partial charge < -0.3 is 9.64 Å². The van der Waals surface area contributed by atoms with Gasteiger partial charge in [-0.15, -0.1) is 11.6 Å². The molecule has 0 amide bonds. The second-order valence-electron chi connectivity index (χ2n) is 5.20. The maximum atomic E-state index is 5.79. The minimum absolute atomic E-state index is 0.121. The number of hydrogen-bond acceptors (Lipinski definition) is 4. The lowest BCUT2D eigenvalue weighted by Gasteiger charge is -2.25. The van der Waals surface area contributed by atoms with Gasteiger partial charge in [-0.25, -0.2) is 0 Å². The summed E-state index contributed by atoms with van der Waals surface area (Å²) in [6.07, 6.45) is 8.23. The molecule has 1 aromatic rings. The van der Waals surface area contributed by atoms with Crippen LogP contribution in [0.3, 0.4) is 0 Å². The highest BCUT2D eigenvalue weighted by atomic mass is 35.5. The van der Waals surface area contributed by atoms with Crippen molar-refractivity contribution in [2.75, 3.05) is 17.3 Å². The highest BCUT2D eigenvalue weighted by molar-refractivity contribution is 6.17. The summed E-state index contributed by atoms with van der Waals surface area (Å²) < 4.78 is 5.61. The van der Waals surface area contributed by atoms with E-state index in [1.807, 2.05) is 20.0 Å². The molecular weight excluding hydrogens is 262 g/mol. The van der Waals surface area contributed by atoms with E-state index in [0.717, 1.165) is 31.1 Å². The summed E-state index contributed by atoms with van der Waals surface area (Å²) in [7, 11) is 0. The fourth-order valence-electron chi connectivity index (χ4n) is 2.53. The van der Waals surface area contributed by atoms with E-state index >= 15 is 0 Å². The molecule has 5 heteroatoms. The van der Waals surface area contributed by atoms with Crippen LogP contribution in [0, 0.1) is 0 Å². The molecule has 1 atom stereocenters. The molecule has 19 heavy (non-hydrogen) atoms. The highest BCUT2D eigenvalue weighted by Crippen LogP contribution is 2.27. The monoisotopic (exact) mass is 283 g/mol. The van der Waals surface area contributed by atoms with Gasteiger partial charge in [0.2, 0.25) is 5.88 Å². The SMILES string of the molecule is CC(C)Oc1cncc(N2CCCC2CCCCl)n1. The number of halogens is 1. The molecule has 0 aliphatic carbocycles. The van der Waals surface area contributed by atoms with Crippen LogP contribution in [0.25, 0.3) is 0 Å². The van der Waals surface area contributed by atoms with Crippen LogP contribution in [0.2, 0.25) is 0 Å². The van der Waals surface area contributed by atoms with Gasteiger partial charge in [0.15, 0.2) is 5.82 Å². The summed E-state index contributed by atoms with van der Waals surface area (Å²) in [4.78, 5) is 11.1.